The van der Waals surface area contributed by atoms with Gasteiger partial charge in [-0.2, -0.15) is 10.5 Å². The number of aromatic nitrogens is 8. The molecule has 0 amide bonds. The minimum absolute atomic E-state index is 0.0831. The van der Waals surface area contributed by atoms with Crippen LogP contribution in [0.15, 0.2) is 60.7 Å². The van der Waals surface area contributed by atoms with Gasteiger partial charge in [0.15, 0.2) is 22.7 Å². The average Bonchev–Trinajstić information content (AvgIpc) is 3.04. The van der Waals surface area contributed by atoms with Gasteiger partial charge < -0.3 is 9.69 Å². The van der Waals surface area contributed by atoms with Crippen molar-refractivity contribution in [2.45, 2.75) is 0 Å². The Morgan fingerprint density at radius 3 is 1.19 bits per heavy atom. The first-order valence-corrected chi connectivity index (χ1v) is 12.2. The highest BCUT2D eigenvalue weighted by molar-refractivity contribution is 5.89. The molecule has 0 aliphatic rings. The maximum Gasteiger partial charge on any atom is 0.316 e. The van der Waals surface area contributed by atoms with Gasteiger partial charge in [0.25, 0.3) is 11.6 Å². The summed E-state index contributed by atoms with van der Waals surface area (Å²) >= 11 is 0. The minimum Gasteiger partial charge on any atom is -0.370 e. The molecule has 0 atom stereocenters. The summed E-state index contributed by atoms with van der Waals surface area (Å²) in [4.78, 5) is 41.1. The number of fused-ring (bicyclic) bond motifs is 4. The largest absolute Gasteiger partial charge is 0.370 e. The quantitative estimate of drug-likeness (QED) is 0.199. The van der Waals surface area contributed by atoms with E-state index in [0.29, 0.717) is 22.1 Å². The van der Waals surface area contributed by atoms with E-state index in [4.69, 9.17) is 13.1 Å². The molecule has 0 aliphatic carbocycles. The third-order valence-electron chi connectivity index (χ3n) is 6.51. The molecule has 190 valence electrons. The van der Waals surface area contributed by atoms with E-state index in [2.05, 4.69) is 49.6 Å². The molecule has 0 radical (unpaired) electrons. The van der Waals surface area contributed by atoms with Crippen LogP contribution in [-0.2, 0) is 0 Å². The summed E-state index contributed by atoms with van der Waals surface area (Å²) in [7, 11) is 0. The molecule has 0 N–H and O–H groups in total. The van der Waals surface area contributed by atoms with Gasteiger partial charge in [-0.15, -0.1) is 9.97 Å². The molecule has 3 aromatic carbocycles. The summed E-state index contributed by atoms with van der Waals surface area (Å²) in [6, 6.07) is 23.0. The fourth-order valence-corrected chi connectivity index (χ4v) is 4.51. The highest BCUT2D eigenvalue weighted by atomic mass is 15.1. The standard InChI is InChI=1S/C30H10N12/c1-33-25-26(34-2)42-30-29(41-25)36-20-10-8-18(12-22(20)38-30)16-5-3-15(4-6-16)17-7-9-19-21(11-17)37-28-27(35-19)39-23(13-31)24(14-32)40-28/h3-12H. The van der Waals surface area contributed by atoms with Crippen molar-refractivity contribution in [3.63, 3.8) is 0 Å². The van der Waals surface area contributed by atoms with Crippen LogP contribution in [0.25, 0.3) is 76.6 Å². The van der Waals surface area contributed by atoms with Crippen molar-refractivity contribution in [2.75, 3.05) is 0 Å². The lowest BCUT2D eigenvalue weighted by atomic mass is 9.99. The van der Waals surface area contributed by atoms with Crippen LogP contribution < -0.4 is 0 Å². The summed E-state index contributed by atoms with van der Waals surface area (Å²) in [6.45, 7) is 14.5. The first kappa shape index (κ1) is 24.1. The molecule has 12 heteroatoms. The second kappa shape index (κ2) is 9.32. The minimum atomic E-state index is -0.0984. The summed E-state index contributed by atoms with van der Waals surface area (Å²) in [5.41, 5.74) is 6.76. The van der Waals surface area contributed by atoms with Gasteiger partial charge in [-0.1, -0.05) is 49.5 Å². The third-order valence-corrected chi connectivity index (χ3v) is 6.51. The third kappa shape index (κ3) is 3.90. The molecule has 4 heterocycles. The lowest BCUT2D eigenvalue weighted by Crippen LogP contribution is -2.00. The van der Waals surface area contributed by atoms with Gasteiger partial charge in [-0.3, -0.25) is 0 Å². The number of nitrogens with zero attached hydrogens (tertiary/aromatic N) is 12. The molecule has 0 saturated carbocycles. The van der Waals surface area contributed by atoms with Crippen molar-refractivity contribution in [1.29, 1.82) is 10.5 Å². The van der Waals surface area contributed by atoms with Crippen molar-refractivity contribution in [1.82, 2.24) is 39.9 Å². The van der Waals surface area contributed by atoms with Gasteiger partial charge in [-0.25, -0.2) is 29.9 Å². The lowest BCUT2D eigenvalue weighted by molar-refractivity contribution is 1.14. The first-order chi connectivity index (χ1) is 20.6. The lowest BCUT2D eigenvalue weighted by Gasteiger charge is -2.07. The van der Waals surface area contributed by atoms with Crippen LogP contribution in [0.4, 0.5) is 11.6 Å². The van der Waals surface area contributed by atoms with Crippen molar-refractivity contribution in [3.05, 3.63) is 94.9 Å². The number of hydrogen-bond donors (Lipinski definition) is 0. The second-order valence-corrected chi connectivity index (χ2v) is 8.96. The number of rotatable bonds is 2. The Bertz CT molecular complexity index is 2280. The van der Waals surface area contributed by atoms with E-state index in [0.717, 1.165) is 22.3 Å². The zero-order valence-corrected chi connectivity index (χ0v) is 21.1. The monoisotopic (exact) mass is 538 g/mol. The Morgan fingerprint density at radius 2 is 0.810 bits per heavy atom. The topological polar surface area (TPSA) is 159 Å². The molecule has 0 saturated heterocycles. The fraction of sp³-hybridized carbons (Fsp3) is 0. The first-order valence-electron chi connectivity index (χ1n) is 12.2. The zero-order valence-electron chi connectivity index (χ0n) is 21.1. The summed E-state index contributed by atoms with van der Waals surface area (Å²) in [5.74, 6) is -0.190. The summed E-state index contributed by atoms with van der Waals surface area (Å²) in [5, 5.41) is 18.5. The number of benzene rings is 3. The highest BCUT2D eigenvalue weighted by Gasteiger charge is 2.17. The van der Waals surface area contributed by atoms with Crippen molar-refractivity contribution in [3.8, 4) is 34.4 Å². The van der Waals surface area contributed by atoms with Crippen molar-refractivity contribution < 1.29 is 0 Å². The zero-order chi connectivity index (χ0) is 28.8. The maximum atomic E-state index is 9.27. The van der Waals surface area contributed by atoms with Crippen molar-refractivity contribution in [2.24, 2.45) is 0 Å². The van der Waals surface area contributed by atoms with E-state index in [-0.39, 0.29) is 45.6 Å². The molecule has 4 aromatic heterocycles. The average molecular weight is 538 g/mol. The van der Waals surface area contributed by atoms with Gasteiger partial charge in [0.05, 0.1) is 22.1 Å². The van der Waals surface area contributed by atoms with Gasteiger partial charge >= 0.3 is 11.3 Å². The molecule has 0 unspecified atom stereocenters. The van der Waals surface area contributed by atoms with E-state index in [9.17, 15) is 10.5 Å². The predicted octanol–water partition coefficient (Wildman–Crippen LogP) is 5.64. The van der Waals surface area contributed by atoms with E-state index in [1.165, 1.54) is 0 Å². The Hall–Kier alpha value is -7.02. The molecule has 0 aliphatic heterocycles. The Balaban J connectivity index is 1.24. The molecule has 7 rings (SSSR count). The Morgan fingerprint density at radius 1 is 0.452 bits per heavy atom. The van der Waals surface area contributed by atoms with Crippen molar-refractivity contribution >= 4 is 56.3 Å². The molecule has 0 bridgehead atoms. The van der Waals surface area contributed by atoms with E-state index >= 15 is 0 Å². The molecule has 0 spiro atoms. The SMILES string of the molecule is [C-]#[N+]c1nc2nc3ccc(-c4ccc(-c5ccc6nc7nc(C#N)c(C#N)nc7nc6c5)cc4)cc3nc2nc1[N+]#[C-]. The van der Waals surface area contributed by atoms with Crippen LogP contribution in [0.3, 0.4) is 0 Å². The molecule has 42 heavy (non-hydrogen) atoms. The summed E-state index contributed by atoms with van der Waals surface area (Å²) in [6.07, 6.45) is 0. The molecular weight excluding hydrogens is 528 g/mol. The van der Waals surface area contributed by atoms with Crippen LogP contribution in [0.5, 0.6) is 0 Å². The molecule has 7 aromatic rings. The molecule has 0 fully saturated rings. The van der Waals surface area contributed by atoms with E-state index in [1.807, 2.05) is 72.8 Å². The van der Waals surface area contributed by atoms with Gasteiger partial charge in [-0.05, 0) is 46.5 Å². The van der Waals surface area contributed by atoms with Crippen LogP contribution in [-0.4, -0.2) is 39.9 Å². The Labute approximate surface area is 235 Å². The Kier molecular flexibility index (Phi) is 5.34. The van der Waals surface area contributed by atoms with Crippen LogP contribution in [0.1, 0.15) is 11.4 Å². The molecule has 12 nitrogen and oxygen atoms in total. The van der Waals surface area contributed by atoms with E-state index in [1.54, 1.807) is 0 Å². The normalized spacial score (nSPS) is 10.8. The number of nitriles is 2. The van der Waals surface area contributed by atoms with Gasteiger partial charge in [0.1, 0.15) is 12.1 Å². The van der Waals surface area contributed by atoms with Crippen LogP contribution in [0, 0.1) is 35.8 Å². The fourth-order valence-electron chi connectivity index (χ4n) is 4.51. The summed E-state index contributed by atoms with van der Waals surface area (Å²) < 4.78 is 0. The van der Waals surface area contributed by atoms with E-state index < -0.39 is 0 Å². The second-order valence-electron chi connectivity index (χ2n) is 8.96. The van der Waals surface area contributed by atoms with Crippen LogP contribution in [0.2, 0.25) is 0 Å². The number of hydrogen-bond acceptors (Lipinski definition) is 10. The van der Waals surface area contributed by atoms with Crippen LogP contribution >= 0.6 is 0 Å². The molecular formula is C30H10N12. The van der Waals surface area contributed by atoms with Gasteiger partial charge in [0.2, 0.25) is 0 Å². The highest BCUT2D eigenvalue weighted by Crippen LogP contribution is 2.30. The van der Waals surface area contributed by atoms with Gasteiger partial charge in [0, 0.05) is 0 Å². The predicted molar refractivity (Wildman–Crippen MR) is 152 cm³/mol. The maximum absolute atomic E-state index is 9.27. The smallest absolute Gasteiger partial charge is 0.316 e.